The molecule has 0 aliphatic rings. The van der Waals surface area contributed by atoms with Gasteiger partial charge in [0.15, 0.2) is 12.2 Å². The van der Waals surface area contributed by atoms with Gasteiger partial charge in [-0.2, -0.15) is 0 Å². The van der Waals surface area contributed by atoms with Crippen molar-refractivity contribution in [3.63, 3.8) is 0 Å². The lowest BCUT2D eigenvalue weighted by Gasteiger charge is -2.21. The van der Waals surface area contributed by atoms with Crippen LogP contribution in [0.25, 0.3) is 0 Å². The molecule has 0 saturated heterocycles. The van der Waals surface area contributed by atoms with E-state index in [1.807, 2.05) is 0 Å². The Morgan fingerprint density at radius 2 is 0.630 bits per heavy atom. The summed E-state index contributed by atoms with van der Waals surface area (Å²) >= 11 is 0. The monoisotopic (exact) mass is 1200 g/mol. The second-order valence-corrected chi connectivity index (χ2v) is 26.1. The lowest BCUT2D eigenvalue weighted by atomic mass is 9.99. The number of hydrogen-bond acceptors (Lipinski definition) is 15. The van der Waals surface area contributed by atoms with Gasteiger partial charge in [0.05, 0.1) is 26.4 Å². The maximum atomic E-state index is 12.9. The van der Waals surface area contributed by atoms with Crippen LogP contribution in [-0.4, -0.2) is 96.7 Å². The van der Waals surface area contributed by atoms with Crippen molar-refractivity contribution in [2.45, 2.75) is 323 Å². The third kappa shape index (κ3) is 55.7. The van der Waals surface area contributed by atoms with E-state index in [0.29, 0.717) is 31.6 Å². The second kappa shape index (κ2) is 54.7. The van der Waals surface area contributed by atoms with Crippen molar-refractivity contribution in [3.8, 4) is 0 Å². The van der Waals surface area contributed by atoms with Crippen LogP contribution >= 0.6 is 15.6 Å². The number of aliphatic hydroxyl groups excluding tert-OH is 1. The fourth-order valence-corrected chi connectivity index (χ4v) is 10.7. The van der Waals surface area contributed by atoms with E-state index in [1.54, 1.807) is 0 Å². The third-order valence-corrected chi connectivity index (χ3v) is 16.5. The Morgan fingerprint density at radius 3 is 0.938 bits per heavy atom. The average molecular weight is 1200 g/mol. The lowest BCUT2D eigenvalue weighted by molar-refractivity contribution is -0.161. The lowest BCUT2D eigenvalue weighted by Crippen LogP contribution is -2.30. The van der Waals surface area contributed by atoms with Crippen molar-refractivity contribution in [2.75, 3.05) is 39.6 Å². The predicted molar refractivity (Wildman–Crippen MR) is 321 cm³/mol. The van der Waals surface area contributed by atoms with Crippen molar-refractivity contribution in [1.29, 1.82) is 0 Å². The highest BCUT2D eigenvalue weighted by molar-refractivity contribution is 7.47. The topological polar surface area (TPSA) is 237 Å². The number of esters is 4. The maximum absolute atomic E-state index is 12.9. The molecule has 6 atom stereocenters. The van der Waals surface area contributed by atoms with E-state index in [1.165, 1.54) is 116 Å². The minimum Gasteiger partial charge on any atom is -0.462 e. The number of hydrogen-bond donors (Lipinski definition) is 3. The van der Waals surface area contributed by atoms with Gasteiger partial charge in [-0.05, 0) is 37.5 Å². The summed E-state index contributed by atoms with van der Waals surface area (Å²) in [6.45, 7) is 9.39. The first kappa shape index (κ1) is 79.1. The molecule has 0 aromatic heterocycles. The highest BCUT2D eigenvalue weighted by atomic mass is 31.2. The van der Waals surface area contributed by atoms with Gasteiger partial charge < -0.3 is 33.8 Å². The number of carbonyl (C=O) groups is 4. The van der Waals surface area contributed by atoms with Gasteiger partial charge in [0.25, 0.3) is 0 Å². The van der Waals surface area contributed by atoms with Crippen LogP contribution in [0.15, 0.2) is 0 Å². The predicted octanol–water partition coefficient (Wildman–Crippen LogP) is 16.9. The Hall–Kier alpha value is -1.94. The fourth-order valence-electron chi connectivity index (χ4n) is 9.15. The Labute approximate surface area is 492 Å². The van der Waals surface area contributed by atoms with Crippen LogP contribution in [0.1, 0.15) is 305 Å². The molecular weight excluding hydrogens is 1080 g/mol. The van der Waals surface area contributed by atoms with Crippen LogP contribution < -0.4 is 0 Å². The van der Waals surface area contributed by atoms with E-state index in [9.17, 15) is 43.2 Å². The summed E-state index contributed by atoms with van der Waals surface area (Å²) in [7, 11) is -9.88. The first-order valence-corrected chi connectivity index (χ1v) is 35.5. The number of ether oxygens (including phenoxy) is 4. The fraction of sp³-hybridized carbons (Fsp3) is 0.935. The summed E-state index contributed by atoms with van der Waals surface area (Å²) < 4.78 is 67.8. The molecule has 0 fully saturated rings. The smallest absolute Gasteiger partial charge is 0.462 e. The van der Waals surface area contributed by atoms with Gasteiger partial charge in [0.1, 0.15) is 19.3 Å². The van der Waals surface area contributed by atoms with E-state index >= 15 is 0 Å². The molecule has 0 heterocycles. The van der Waals surface area contributed by atoms with Crippen LogP contribution in [0.3, 0.4) is 0 Å². The third-order valence-electron chi connectivity index (χ3n) is 14.6. The van der Waals surface area contributed by atoms with E-state index in [-0.39, 0.29) is 25.7 Å². The zero-order valence-electron chi connectivity index (χ0n) is 52.1. The zero-order valence-corrected chi connectivity index (χ0v) is 53.9. The summed E-state index contributed by atoms with van der Waals surface area (Å²) in [4.78, 5) is 72.0. The number of phosphoric ester groups is 2. The molecular formula is C62H120O17P2. The highest BCUT2D eigenvalue weighted by Gasteiger charge is 2.30. The van der Waals surface area contributed by atoms with Crippen molar-refractivity contribution in [1.82, 2.24) is 0 Å². The van der Waals surface area contributed by atoms with Gasteiger partial charge >= 0.3 is 39.5 Å². The first-order chi connectivity index (χ1) is 38.9. The van der Waals surface area contributed by atoms with Gasteiger partial charge in [-0.1, -0.05) is 253 Å². The molecule has 19 heteroatoms. The van der Waals surface area contributed by atoms with Crippen LogP contribution in [-0.2, 0) is 65.4 Å². The van der Waals surface area contributed by atoms with Crippen molar-refractivity contribution in [3.05, 3.63) is 0 Å². The molecule has 0 amide bonds. The molecule has 3 unspecified atom stereocenters. The van der Waals surface area contributed by atoms with Gasteiger partial charge in [0.2, 0.25) is 0 Å². The number of carbonyl (C=O) groups excluding carboxylic acids is 4. The number of unbranched alkanes of at least 4 members (excludes halogenated alkanes) is 30. The molecule has 0 bridgehead atoms. The maximum Gasteiger partial charge on any atom is 0.472 e. The van der Waals surface area contributed by atoms with E-state index in [4.69, 9.17) is 37.0 Å². The summed E-state index contributed by atoms with van der Waals surface area (Å²) in [5, 5.41) is 10.5. The Morgan fingerprint density at radius 1 is 0.358 bits per heavy atom. The molecule has 0 aliphatic heterocycles. The van der Waals surface area contributed by atoms with E-state index in [2.05, 4.69) is 41.5 Å². The van der Waals surface area contributed by atoms with E-state index in [0.717, 1.165) is 102 Å². The number of rotatable bonds is 61. The quantitative estimate of drug-likeness (QED) is 0.0222. The molecule has 0 saturated carbocycles. The largest absolute Gasteiger partial charge is 0.472 e. The molecule has 3 N–H and O–H groups in total. The van der Waals surface area contributed by atoms with Gasteiger partial charge in [0, 0.05) is 25.7 Å². The Bertz CT molecular complexity index is 1600. The average Bonchev–Trinajstić information content (AvgIpc) is 3.43. The van der Waals surface area contributed by atoms with Crippen LogP contribution in [0.2, 0.25) is 0 Å². The second-order valence-electron chi connectivity index (χ2n) is 23.2. The molecule has 480 valence electrons. The molecule has 0 radical (unpaired) electrons. The summed E-state index contributed by atoms with van der Waals surface area (Å²) in [6, 6.07) is 0. The van der Waals surface area contributed by atoms with Crippen LogP contribution in [0, 0.1) is 11.8 Å². The van der Waals surface area contributed by atoms with Crippen molar-refractivity contribution >= 4 is 39.5 Å². The Balaban J connectivity index is 5.22. The SMILES string of the molecule is CCCCCCCCCCCC(=O)OC[C@H](COP(=O)(O)OC[C@H](O)COP(=O)(O)OC[C@@H](COC(=O)CCCCCCCCC(C)C)OC(=O)CCCCCCCCCCCCC(C)CC)OC(=O)CCCCCCCCCCC. The first-order valence-electron chi connectivity index (χ1n) is 32.5. The van der Waals surface area contributed by atoms with Crippen LogP contribution in [0.5, 0.6) is 0 Å². The molecule has 0 aromatic rings. The summed E-state index contributed by atoms with van der Waals surface area (Å²) in [5.74, 6) is -0.658. The molecule has 0 rings (SSSR count). The van der Waals surface area contributed by atoms with E-state index < -0.39 is 97.5 Å². The molecule has 17 nitrogen and oxygen atoms in total. The van der Waals surface area contributed by atoms with Gasteiger partial charge in [-0.15, -0.1) is 0 Å². The molecule has 0 aliphatic carbocycles. The molecule has 0 spiro atoms. The summed E-state index contributed by atoms with van der Waals surface area (Å²) in [6.07, 6.45) is 36.2. The minimum atomic E-state index is -4.94. The van der Waals surface area contributed by atoms with Crippen molar-refractivity contribution in [2.24, 2.45) is 11.8 Å². The number of phosphoric acid groups is 2. The molecule has 81 heavy (non-hydrogen) atoms. The zero-order chi connectivity index (χ0) is 60.1. The minimum absolute atomic E-state index is 0.105. The standard InChI is InChI=1S/C62H120O17P2/c1-7-10-12-14-16-20-25-32-38-44-59(64)72-50-57(78-61(66)46-40-34-26-21-17-15-13-11-8-2)52-76-80(68,69)74-48-56(63)49-75-81(70,71)77-53-58(51-73-60(65)45-39-33-29-28-30-36-42-54(4)5)79-62(67)47-41-35-27-23-19-18-22-24-31-37-43-55(6)9-3/h54-58,63H,7-53H2,1-6H3,(H,68,69)(H,70,71)/t55?,56-,57+,58+/m0/s1. The van der Waals surface area contributed by atoms with Gasteiger partial charge in [-0.25, -0.2) is 9.13 Å². The van der Waals surface area contributed by atoms with Crippen LogP contribution in [0.4, 0.5) is 0 Å². The summed E-state index contributed by atoms with van der Waals surface area (Å²) in [5.41, 5.74) is 0. The normalized spacial score (nSPS) is 14.7. The van der Waals surface area contributed by atoms with Gasteiger partial charge in [-0.3, -0.25) is 37.3 Å². The van der Waals surface area contributed by atoms with Crippen molar-refractivity contribution < 1.29 is 80.2 Å². The number of aliphatic hydroxyl groups is 1. The molecule has 0 aromatic carbocycles. The Kier molecular flexibility index (Phi) is 53.4. The highest BCUT2D eigenvalue weighted by Crippen LogP contribution is 2.45.